The van der Waals surface area contributed by atoms with Gasteiger partial charge in [0.25, 0.3) is 0 Å². The van der Waals surface area contributed by atoms with E-state index < -0.39 is 0 Å². The van der Waals surface area contributed by atoms with Crippen LogP contribution in [0, 0.1) is 6.92 Å². The number of rotatable bonds is 2. The lowest BCUT2D eigenvalue weighted by atomic mass is 10.2. The van der Waals surface area contributed by atoms with E-state index in [0.29, 0.717) is 5.03 Å². The van der Waals surface area contributed by atoms with Crippen LogP contribution in [0.1, 0.15) is 5.56 Å². The van der Waals surface area contributed by atoms with Gasteiger partial charge in [0.05, 0.1) is 0 Å². The Morgan fingerprint density at radius 3 is 2.75 bits per heavy atom. The molecule has 0 amide bonds. The van der Waals surface area contributed by atoms with Crippen LogP contribution in [0.3, 0.4) is 0 Å². The zero-order valence-corrected chi connectivity index (χ0v) is 10.6. The van der Waals surface area contributed by atoms with E-state index in [-0.39, 0.29) is 10.4 Å². The molecule has 1 heterocycles. The van der Waals surface area contributed by atoms with Gasteiger partial charge in [-0.25, -0.2) is 4.98 Å². The standard InChI is InChI=1S/C10H7Cl2N3S/c1-6-3-2-4-7(5-6)16-9-8(11)14-15-10(12)13-9/h2-5H,1H3. The molecule has 2 aromatic rings. The summed E-state index contributed by atoms with van der Waals surface area (Å²) in [4.78, 5) is 5.06. The van der Waals surface area contributed by atoms with Gasteiger partial charge in [-0.05, 0) is 30.7 Å². The molecule has 0 unspecified atom stereocenters. The van der Waals surface area contributed by atoms with Gasteiger partial charge >= 0.3 is 0 Å². The van der Waals surface area contributed by atoms with Crippen LogP contribution in [-0.2, 0) is 0 Å². The summed E-state index contributed by atoms with van der Waals surface area (Å²) in [7, 11) is 0. The van der Waals surface area contributed by atoms with Gasteiger partial charge in [-0.1, -0.05) is 41.1 Å². The summed E-state index contributed by atoms with van der Waals surface area (Å²) in [6, 6.07) is 8.01. The molecule has 0 N–H and O–H groups in total. The van der Waals surface area contributed by atoms with Gasteiger partial charge in [-0.2, -0.15) is 0 Å². The molecule has 0 bridgehead atoms. The van der Waals surface area contributed by atoms with Crippen molar-refractivity contribution in [2.24, 2.45) is 0 Å². The highest BCUT2D eigenvalue weighted by Gasteiger charge is 2.07. The van der Waals surface area contributed by atoms with Crippen LogP contribution in [0.2, 0.25) is 10.4 Å². The summed E-state index contributed by atoms with van der Waals surface area (Å²) in [5.74, 6) is 0. The van der Waals surface area contributed by atoms with Crippen molar-refractivity contribution in [3.05, 3.63) is 40.3 Å². The molecule has 6 heteroatoms. The summed E-state index contributed by atoms with van der Waals surface area (Å²) in [5.41, 5.74) is 1.18. The van der Waals surface area contributed by atoms with E-state index in [2.05, 4.69) is 15.2 Å². The highest BCUT2D eigenvalue weighted by atomic mass is 35.5. The van der Waals surface area contributed by atoms with E-state index in [0.717, 1.165) is 4.90 Å². The van der Waals surface area contributed by atoms with Crippen molar-refractivity contribution < 1.29 is 0 Å². The van der Waals surface area contributed by atoms with Crippen LogP contribution >= 0.6 is 35.0 Å². The molecule has 3 nitrogen and oxygen atoms in total. The van der Waals surface area contributed by atoms with Gasteiger partial charge in [0.1, 0.15) is 5.03 Å². The number of aromatic nitrogens is 3. The van der Waals surface area contributed by atoms with E-state index in [9.17, 15) is 0 Å². The predicted molar refractivity (Wildman–Crippen MR) is 65.1 cm³/mol. The second-order valence-corrected chi connectivity index (χ2v) is 4.85. The Morgan fingerprint density at radius 1 is 1.19 bits per heavy atom. The quantitative estimate of drug-likeness (QED) is 0.836. The van der Waals surface area contributed by atoms with E-state index in [1.54, 1.807) is 0 Å². The fraction of sp³-hybridized carbons (Fsp3) is 0.100. The minimum Gasteiger partial charge on any atom is -0.206 e. The van der Waals surface area contributed by atoms with E-state index in [4.69, 9.17) is 23.2 Å². The van der Waals surface area contributed by atoms with Crippen LogP contribution in [0.15, 0.2) is 34.2 Å². The van der Waals surface area contributed by atoms with Gasteiger partial charge < -0.3 is 0 Å². The second kappa shape index (κ2) is 4.99. The lowest BCUT2D eigenvalue weighted by Crippen LogP contribution is -1.91. The van der Waals surface area contributed by atoms with Gasteiger partial charge in [-0.3, -0.25) is 0 Å². The number of benzene rings is 1. The fourth-order valence-corrected chi connectivity index (χ4v) is 2.38. The number of hydrogen-bond acceptors (Lipinski definition) is 4. The average molecular weight is 272 g/mol. The normalized spacial score (nSPS) is 10.4. The van der Waals surface area contributed by atoms with Crippen LogP contribution in [0.25, 0.3) is 0 Å². The minimum atomic E-state index is 0.0968. The van der Waals surface area contributed by atoms with Crippen LogP contribution in [0.5, 0.6) is 0 Å². The highest BCUT2D eigenvalue weighted by Crippen LogP contribution is 2.30. The topological polar surface area (TPSA) is 38.7 Å². The first kappa shape index (κ1) is 11.6. The Kier molecular flexibility index (Phi) is 3.63. The first-order valence-corrected chi connectivity index (χ1v) is 6.02. The lowest BCUT2D eigenvalue weighted by molar-refractivity contribution is 0.904. The van der Waals surface area contributed by atoms with E-state index in [1.165, 1.54) is 17.3 Å². The molecule has 0 saturated heterocycles. The predicted octanol–water partition coefficient (Wildman–Crippen LogP) is 3.64. The number of halogens is 2. The summed E-state index contributed by atoms with van der Waals surface area (Å²) >= 11 is 12.9. The summed E-state index contributed by atoms with van der Waals surface area (Å²) in [6.07, 6.45) is 0. The van der Waals surface area contributed by atoms with Crippen LogP contribution < -0.4 is 0 Å². The largest absolute Gasteiger partial charge is 0.244 e. The zero-order valence-electron chi connectivity index (χ0n) is 8.32. The van der Waals surface area contributed by atoms with Gasteiger partial charge in [0.2, 0.25) is 5.28 Å². The molecular formula is C10H7Cl2N3S. The molecule has 0 spiro atoms. The third-order valence-electron chi connectivity index (χ3n) is 1.79. The van der Waals surface area contributed by atoms with E-state index >= 15 is 0 Å². The van der Waals surface area contributed by atoms with Crippen molar-refractivity contribution in [3.8, 4) is 0 Å². The molecule has 0 aliphatic heterocycles. The fourth-order valence-electron chi connectivity index (χ4n) is 1.14. The molecule has 82 valence electrons. The maximum Gasteiger partial charge on any atom is 0.244 e. The summed E-state index contributed by atoms with van der Waals surface area (Å²) in [6.45, 7) is 2.02. The Labute approximate surface area is 107 Å². The Hall–Kier alpha value is -0.840. The van der Waals surface area contributed by atoms with Gasteiger partial charge in [-0.15, -0.1) is 10.2 Å². The maximum atomic E-state index is 5.87. The molecule has 1 aromatic heterocycles. The monoisotopic (exact) mass is 271 g/mol. The highest BCUT2D eigenvalue weighted by molar-refractivity contribution is 7.99. The lowest BCUT2D eigenvalue weighted by Gasteiger charge is -2.02. The van der Waals surface area contributed by atoms with Crippen molar-refractivity contribution in [2.45, 2.75) is 16.8 Å². The Balaban J connectivity index is 2.30. The molecule has 2 rings (SSSR count). The summed E-state index contributed by atoms with van der Waals surface area (Å²) in [5, 5.41) is 8.17. The van der Waals surface area contributed by atoms with Gasteiger partial charge in [0, 0.05) is 4.90 Å². The molecule has 0 aliphatic rings. The smallest absolute Gasteiger partial charge is 0.206 e. The molecule has 0 radical (unpaired) electrons. The minimum absolute atomic E-state index is 0.0968. The zero-order chi connectivity index (χ0) is 11.5. The van der Waals surface area contributed by atoms with Crippen molar-refractivity contribution in [1.29, 1.82) is 0 Å². The molecule has 0 atom stereocenters. The Morgan fingerprint density at radius 2 is 2.00 bits per heavy atom. The molecular weight excluding hydrogens is 265 g/mol. The third-order valence-corrected chi connectivity index (χ3v) is 3.29. The third kappa shape index (κ3) is 2.84. The second-order valence-electron chi connectivity index (χ2n) is 3.10. The summed E-state index contributed by atoms with van der Waals surface area (Å²) < 4.78 is 0. The first-order chi connectivity index (χ1) is 7.65. The molecule has 1 aromatic carbocycles. The molecule has 0 saturated carbocycles. The van der Waals surface area contributed by atoms with Crippen molar-refractivity contribution in [1.82, 2.24) is 15.2 Å². The van der Waals surface area contributed by atoms with Crippen molar-refractivity contribution in [2.75, 3.05) is 0 Å². The SMILES string of the molecule is Cc1cccc(Sc2nc(Cl)nnc2Cl)c1. The number of nitrogens with zero attached hydrogens (tertiary/aromatic N) is 3. The van der Waals surface area contributed by atoms with Crippen LogP contribution in [0.4, 0.5) is 0 Å². The van der Waals surface area contributed by atoms with Gasteiger partial charge in [0.15, 0.2) is 5.15 Å². The molecule has 0 fully saturated rings. The molecule has 0 aliphatic carbocycles. The first-order valence-electron chi connectivity index (χ1n) is 4.45. The maximum absolute atomic E-state index is 5.87. The number of aryl methyl sites for hydroxylation is 1. The van der Waals surface area contributed by atoms with Crippen molar-refractivity contribution in [3.63, 3.8) is 0 Å². The Bertz CT molecular complexity index is 519. The van der Waals surface area contributed by atoms with Crippen LogP contribution in [-0.4, -0.2) is 15.2 Å². The number of hydrogen-bond donors (Lipinski definition) is 0. The average Bonchev–Trinajstić information content (AvgIpc) is 2.24. The van der Waals surface area contributed by atoms with Crippen molar-refractivity contribution >= 4 is 35.0 Å². The molecule has 16 heavy (non-hydrogen) atoms. The van der Waals surface area contributed by atoms with E-state index in [1.807, 2.05) is 31.2 Å².